The highest BCUT2D eigenvalue weighted by molar-refractivity contribution is 5.32. The lowest BCUT2D eigenvalue weighted by Crippen LogP contribution is -2.51. The fourth-order valence-electron chi connectivity index (χ4n) is 3.17. The maximum atomic E-state index is 5.30. The van der Waals surface area contributed by atoms with Crippen LogP contribution in [0.1, 0.15) is 43.6 Å². The Balaban J connectivity index is 1.48. The number of ether oxygens (including phenoxy) is 1. The van der Waals surface area contributed by atoms with Crippen LogP contribution in [0.5, 0.6) is 5.75 Å². The third-order valence-corrected chi connectivity index (χ3v) is 4.42. The smallest absolute Gasteiger partial charge is 0.119 e. The van der Waals surface area contributed by atoms with Crippen molar-refractivity contribution in [2.75, 3.05) is 20.2 Å². The SMILES string of the molecule is COc1cccc(C2CC(NN3CCCCC3)C2)c1. The molecule has 1 saturated heterocycles. The first-order valence-electron chi connectivity index (χ1n) is 7.50. The number of hydrazine groups is 1. The number of hydrogen-bond donors (Lipinski definition) is 1. The van der Waals surface area contributed by atoms with Crippen LogP contribution in [0.15, 0.2) is 24.3 Å². The topological polar surface area (TPSA) is 24.5 Å². The molecule has 0 atom stereocenters. The summed E-state index contributed by atoms with van der Waals surface area (Å²) in [5.41, 5.74) is 5.11. The maximum Gasteiger partial charge on any atom is 0.119 e. The fraction of sp³-hybridized carbons (Fsp3) is 0.625. The molecule has 3 heteroatoms. The minimum Gasteiger partial charge on any atom is -0.497 e. The molecule has 2 fully saturated rings. The Kier molecular flexibility index (Phi) is 4.04. The average Bonchev–Trinajstić information content (AvgIpc) is 2.43. The molecule has 0 bridgehead atoms. The van der Waals surface area contributed by atoms with E-state index < -0.39 is 0 Å². The van der Waals surface area contributed by atoms with Crippen molar-refractivity contribution in [3.63, 3.8) is 0 Å². The van der Waals surface area contributed by atoms with Crippen LogP contribution < -0.4 is 10.2 Å². The summed E-state index contributed by atoms with van der Waals surface area (Å²) < 4.78 is 5.30. The molecule has 3 rings (SSSR count). The van der Waals surface area contributed by atoms with E-state index in [-0.39, 0.29) is 0 Å². The third kappa shape index (κ3) is 3.10. The number of hydrogen-bond acceptors (Lipinski definition) is 3. The second-order valence-electron chi connectivity index (χ2n) is 5.82. The minimum atomic E-state index is 0.675. The predicted molar refractivity (Wildman–Crippen MR) is 77.3 cm³/mol. The standard InChI is InChI=1S/C16H24N2O/c1-19-16-7-5-6-13(12-16)14-10-15(11-14)17-18-8-3-2-4-9-18/h5-7,12,14-15,17H,2-4,8-11H2,1H3. The molecule has 19 heavy (non-hydrogen) atoms. The molecular formula is C16H24N2O. The number of benzene rings is 1. The van der Waals surface area contributed by atoms with Gasteiger partial charge in [-0.05, 0) is 49.3 Å². The Hall–Kier alpha value is -1.06. The quantitative estimate of drug-likeness (QED) is 0.901. The molecule has 1 N–H and O–H groups in total. The molecule has 2 aliphatic rings. The van der Waals surface area contributed by atoms with Crippen molar-refractivity contribution < 1.29 is 4.74 Å². The zero-order valence-electron chi connectivity index (χ0n) is 11.8. The zero-order chi connectivity index (χ0) is 13.1. The van der Waals surface area contributed by atoms with Gasteiger partial charge in [-0.3, -0.25) is 5.43 Å². The Morgan fingerprint density at radius 3 is 2.68 bits per heavy atom. The Bertz CT molecular complexity index is 409. The van der Waals surface area contributed by atoms with E-state index in [2.05, 4.69) is 28.6 Å². The summed E-state index contributed by atoms with van der Waals surface area (Å²) >= 11 is 0. The first-order valence-corrected chi connectivity index (χ1v) is 7.50. The van der Waals surface area contributed by atoms with Crippen molar-refractivity contribution in [3.8, 4) is 5.75 Å². The van der Waals surface area contributed by atoms with Crippen molar-refractivity contribution >= 4 is 0 Å². The van der Waals surface area contributed by atoms with Gasteiger partial charge >= 0.3 is 0 Å². The van der Waals surface area contributed by atoms with Gasteiger partial charge in [0.15, 0.2) is 0 Å². The summed E-state index contributed by atoms with van der Waals surface area (Å²) in [6.07, 6.45) is 6.60. The zero-order valence-corrected chi connectivity index (χ0v) is 11.8. The average molecular weight is 260 g/mol. The molecule has 0 aromatic heterocycles. The molecule has 1 aliphatic heterocycles. The van der Waals surface area contributed by atoms with Crippen molar-refractivity contribution in [1.29, 1.82) is 0 Å². The van der Waals surface area contributed by atoms with E-state index in [9.17, 15) is 0 Å². The van der Waals surface area contributed by atoms with E-state index in [1.165, 1.54) is 50.8 Å². The number of nitrogens with one attached hydrogen (secondary N) is 1. The van der Waals surface area contributed by atoms with Gasteiger partial charge in [-0.15, -0.1) is 0 Å². The van der Waals surface area contributed by atoms with Gasteiger partial charge in [0.1, 0.15) is 5.75 Å². The molecule has 1 saturated carbocycles. The highest BCUT2D eigenvalue weighted by Gasteiger charge is 2.31. The van der Waals surface area contributed by atoms with Crippen LogP contribution in [-0.2, 0) is 0 Å². The summed E-state index contributed by atoms with van der Waals surface area (Å²) in [4.78, 5) is 0. The number of rotatable bonds is 4. The second kappa shape index (κ2) is 5.93. The number of piperidine rings is 1. The molecule has 0 unspecified atom stereocenters. The third-order valence-electron chi connectivity index (χ3n) is 4.42. The van der Waals surface area contributed by atoms with E-state index in [1.807, 2.05) is 6.07 Å². The highest BCUT2D eigenvalue weighted by atomic mass is 16.5. The lowest BCUT2D eigenvalue weighted by Gasteiger charge is -2.41. The molecule has 0 amide bonds. The van der Waals surface area contributed by atoms with E-state index in [4.69, 9.17) is 4.74 Å². The summed E-state index contributed by atoms with van der Waals surface area (Å²) in [5, 5.41) is 2.43. The van der Waals surface area contributed by atoms with Gasteiger partial charge < -0.3 is 4.74 Å². The van der Waals surface area contributed by atoms with Crippen molar-refractivity contribution in [2.24, 2.45) is 0 Å². The highest BCUT2D eigenvalue weighted by Crippen LogP contribution is 2.38. The predicted octanol–water partition coefficient (Wildman–Crippen LogP) is 2.93. The monoisotopic (exact) mass is 260 g/mol. The molecular weight excluding hydrogens is 236 g/mol. The van der Waals surface area contributed by atoms with E-state index in [0.29, 0.717) is 12.0 Å². The first-order chi connectivity index (χ1) is 9.35. The summed E-state index contributed by atoms with van der Waals surface area (Å²) in [6, 6.07) is 9.20. The van der Waals surface area contributed by atoms with Gasteiger partial charge in [0.2, 0.25) is 0 Å². The molecule has 0 spiro atoms. The minimum absolute atomic E-state index is 0.675. The largest absolute Gasteiger partial charge is 0.497 e. The number of nitrogens with zero attached hydrogens (tertiary/aromatic N) is 1. The Labute approximate surface area is 115 Å². The van der Waals surface area contributed by atoms with Gasteiger partial charge in [-0.1, -0.05) is 18.6 Å². The molecule has 3 nitrogen and oxygen atoms in total. The van der Waals surface area contributed by atoms with Gasteiger partial charge in [0, 0.05) is 19.1 Å². The van der Waals surface area contributed by atoms with Gasteiger partial charge in [0.25, 0.3) is 0 Å². The maximum absolute atomic E-state index is 5.30. The Morgan fingerprint density at radius 2 is 1.95 bits per heavy atom. The van der Waals surface area contributed by atoms with Crippen molar-refractivity contribution in [3.05, 3.63) is 29.8 Å². The normalized spacial score (nSPS) is 27.8. The summed E-state index contributed by atoms with van der Waals surface area (Å²) in [6.45, 7) is 2.45. The van der Waals surface area contributed by atoms with Crippen LogP contribution in [0.2, 0.25) is 0 Å². The lowest BCUT2D eigenvalue weighted by molar-refractivity contribution is 0.0917. The fourth-order valence-corrected chi connectivity index (χ4v) is 3.17. The first kappa shape index (κ1) is 12.9. The molecule has 1 aliphatic carbocycles. The van der Waals surface area contributed by atoms with Crippen LogP contribution >= 0.6 is 0 Å². The molecule has 1 heterocycles. The molecule has 104 valence electrons. The second-order valence-corrected chi connectivity index (χ2v) is 5.82. The van der Waals surface area contributed by atoms with Crippen LogP contribution in [0.3, 0.4) is 0 Å². The van der Waals surface area contributed by atoms with Crippen LogP contribution in [0, 0.1) is 0 Å². The van der Waals surface area contributed by atoms with E-state index in [1.54, 1.807) is 7.11 Å². The summed E-state index contributed by atoms with van der Waals surface area (Å²) in [5.74, 6) is 1.68. The van der Waals surface area contributed by atoms with Gasteiger partial charge in [0.05, 0.1) is 7.11 Å². The van der Waals surface area contributed by atoms with Gasteiger partial charge in [-0.25, -0.2) is 5.01 Å². The molecule has 1 aromatic carbocycles. The van der Waals surface area contributed by atoms with Crippen LogP contribution in [0.4, 0.5) is 0 Å². The number of methoxy groups -OCH3 is 1. The lowest BCUT2D eigenvalue weighted by atomic mass is 9.76. The van der Waals surface area contributed by atoms with E-state index in [0.717, 1.165) is 5.75 Å². The van der Waals surface area contributed by atoms with Crippen molar-refractivity contribution in [1.82, 2.24) is 10.4 Å². The Morgan fingerprint density at radius 1 is 1.16 bits per heavy atom. The molecule has 0 radical (unpaired) electrons. The summed E-state index contributed by atoms with van der Waals surface area (Å²) in [7, 11) is 1.74. The van der Waals surface area contributed by atoms with Crippen molar-refractivity contribution in [2.45, 2.75) is 44.1 Å². The van der Waals surface area contributed by atoms with Crippen LogP contribution in [0.25, 0.3) is 0 Å². The van der Waals surface area contributed by atoms with Crippen LogP contribution in [-0.4, -0.2) is 31.3 Å². The van der Waals surface area contributed by atoms with Gasteiger partial charge in [-0.2, -0.15) is 0 Å². The van der Waals surface area contributed by atoms with E-state index >= 15 is 0 Å². The molecule has 1 aromatic rings.